The average molecular weight is 451 g/mol. The highest BCUT2D eigenvalue weighted by atomic mass is 79.9. The van der Waals surface area contributed by atoms with Crippen LogP contribution in [0.15, 0.2) is 27.5 Å². The molecule has 1 saturated heterocycles. The standard InChI is InChI=1S/C21H31BrN4O2/c1-4-6-19(25-10-9-24(3)12-15(13-25)14-27)20-23-18-8-7-16(22)11-17(18)21(28)26(20)5-2/h7-8,11,15,19,27H,4-6,9-10,12-14H2,1-3H3/t15-,19?/m0/s1. The highest BCUT2D eigenvalue weighted by Crippen LogP contribution is 2.28. The minimum Gasteiger partial charge on any atom is -0.396 e. The van der Waals surface area contributed by atoms with E-state index in [4.69, 9.17) is 4.98 Å². The minimum absolute atomic E-state index is 0.0237. The van der Waals surface area contributed by atoms with Crippen LogP contribution in [0.3, 0.4) is 0 Å². The lowest BCUT2D eigenvalue weighted by atomic mass is 10.1. The Bertz CT molecular complexity index is 869. The maximum Gasteiger partial charge on any atom is 0.261 e. The highest BCUT2D eigenvalue weighted by Gasteiger charge is 2.29. The molecule has 3 rings (SSSR count). The zero-order valence-electron chi connectivity index (χ0n) is 17.1. The summed E-state index contributed by atoms with van der Waals surface area (Å²) in [6.07, 6.45) is 1.95. The molecule has 0 radical (unpaired) electrons. The average Bonchev–Trinajstić information content (AvgIpc) is 2.88. The van der Waals surface area contributed by atoms with Gasteiger partial charge in [0.2, 0.25) is 0 Å². The molecule has 7 heteroatoms. The topological polar surface area (TPSA) is 61.6 Å². The Balaban J connectivity index is 2.09. The third kappa shape index (κ3) is 4.48. The molecule has 1 N–H and O–H groups in total. The second-order valence-corrected chi connectivity index (χ2v) is 8.71. The van der Waals surface area contributed by atoms with Gasteiger partial charge in [0.15, 0.2) is 0 Å². The van der Waals surface area contributed by atoms with Crippen molar-refractivity contribution in [1.29, 1.82) is 0 Å². The summed E-state index contributed by atoms with van der Waals surface area (Å²) in [6, 6.07) is 5.79. The molecule has 0 amide bonds. The van der Waals surface area contributed by atoms with Crippen LogP contribution in [0.1, 0.15) is 38.6 Å². The molecule has 2 aromatic rings. The summed E-state index contributed by atoms with van der Waals surface area (Å²) in [5, 5.41) is 10.5. The summed E-state index contributed by atoms with van der Waals surface area (Å²) in [5.41, 5.74) is 0.773. The highest BCUT2D eigenvalue weighted by molar-refractivity contribution is 9.10. The molecule has 1 aliphatic rings. The van der Waals surface area contributed by atoms with E-state index in [1.54, 1.807) is 0 Å². The van der Waals surface area contributed by atoms with Gasteiger partial charge in [0.05, 0.1) is 16.9 Å². The fraction of sp³-hybridized carbons (Fsp3) is 0.619. The molecule has 28 heavy (non-hydrogen) atoms. The van der Waals surface area contributed by atoms with Crippen molar-refractivity contribution in [1.82, 2.24) is 19.4 Å². The van der Waals surface area contributed by atoms with E-state index in [9.17, 15) is 9.90 Å². The number of fused-ring (bicyclic) bond motifs is 1. The first kappa shape index (κ1) is 21.4. The van der Waals surface area contributed by atoms with E-state index in [2.05, 4.69) is 39.7 Å². The molecule has 0 spiro atoms. The Morgan fingerprint density at radius 2 is 2.07 bits per heavy atom. The van der Waals surface area contributed by atoms with E-state index in [1.807, 2.05) is 29.7 Å². The lowest BCUT2D eigenvalue weighted by Gasteiger charge is -2.33. The van der Waals surface area contributed by atoms with Gasteiger partial charge in [0, 0.05) is 49.7 Å². The fourth-order valence-corrected chi connectivity index (χ4v) is 4.59. The van der Waals surface area contributed by atoms with E-state index in [1.165, 1.54) is 0 Å². The van der Waals surface area contributed by atoms with E-state index in [-0.39, 0.29) is 24.1 Å². The second-order valence-electron chi connectivity index (χ2n) is 7.79. The summed E-state index contributed by atoms with van der Waals surface area (Å²) in [7, 11) is 2.11. The van der Waals surface area contributed by atoms with Crippen LogP contribution in [0.5, 0.6) is 0 Å². The van der Waals surface area contributed by atoms with Gasteiger partial charge in [0.25, 0.3) is 5.56 Å². The first-order valence-corrected chi connectivity index (χ1v) is 11.0. The van der Waals surface area contributed by atoms with Gasteiger partial charge in [-0.2, -0.15) is 0 Å². The molecule has 1 aromatic heterocycles. The van der Waals surface area contributed by atoms with Gasteiger partial charge in [-0.25, -0.2) is 4.98 Å². The van der Waals surface area contributed by atoms with Crippen LogP contribution in [-0.2, 0) is 6.54 Å². The number of aromatic nitrogens is 2. The normalized spacial score (nSPS) is 20.4. The van der Waals surface area contributed by atoms with Crippen LogP contribution < -0.4 is 5.56 Å². The largest absolute Gasteiger partial charge is 0.396 e. The summed E-state index contributed by atoms with van der Waals surface area (Å²) in [4.78, 5) is 22.9. The fourth-order valence-electron chi connectivity index (χ4n) is 4.23. The Hall–Kier alpha value is -1.28. The molecule has 0 aliphatic carbocycles. The number of rotatable bonds is 6. The van der Waals surface area contributed by atoms with Crippen LogP contribution in [0.4, 0.5) is 0 Å². The molecule has 1 fully saturated rings. The molecule has 2 heterocycles. The SMILES string of the molecule is CCCC(c1nc2ccc(Br)cc2c(=O)n1CC)N1CCN(C)C[C@H](CO)C1. The maximum atomic E-state index is 13.2. The summed E-state index contributed by atoms with van der Waals surface area (Å²) < 4.78 is 2.72. The number of aliphatic hydroxyl groups excluding tert-OH is 1. The Labute approximate surface area is 175 Å². The van der Waals surface area contributed by atoms with Crippen molar-refractivity contribution in [3.63, 3.8) is 0 Å². The van der Waals surface area contributed by atoms with Gasteiger partial charge in [0.1, 0.15) is 5.82 Å². The van der Waals surface area contributed by atoms with Crippen molar-refractivity contribution >= 4 is 26.8 Å². The summed E-state index contributed by atoms with van der Waals surface area (Å²) in [5.74, 6) is 1.07. The predicted molar refractivity (Wildman–Crippen MR) is 117 cm³/mol. The Morgan fingerprint density at radius 3 is 2.75 bits per heavy atom. The third-order valence-corrected chi connectivity index (χ3v) is 6.15. The van der Waals surface area contributed by atoms with Gasteiger partial charge >= 0.3 is 0 Å². The lowest BCUT2D eigenvalue weighted by Crippen LogP contribution is -2.38. The smallest absolute Gasteiger partial charge is 0.261 e. The third-order valence-electron chi connectivity index (χ3n) is 5.65. The first-order chi connectivity index (χ1) is 13.5. The molecule has 6 nitrogen and oxygen atoms in total. The molecule has 0 bridgehead atoms. The quantitative estimate of drug-likeness (QED) is 0.732. The lowest BCUT2D eigenvalue weighted by molar-refractivity contribution is 0.133. The van der Waals surface area contributed by atoms with E-state index >= 15 is 0 Å². The molecule has 154 valence electrons. The van der Waals surface area contributed by atoms with E-state index < -0.39 is 0 Å². The Morgan fingerprint density at radius 1 is 1.29 bits per heavy atom. The minimum atomic E-state index is 0.0237. The van der Waals surface area contributed by atoms with Crippen LogP contribution >= 0.6 is 15.9 Å². The van der Waals surface area contributed by atoms with Crippen LogP contribution in [0.25, 0.3) is 10.9 Å². The second kappa shape index (κ2) is 9.48. The number of hydrogen-bond donors (Lipinski definition) is 1. The number of aliphatic hydroxyl groups is 1. The predicted octanol–water partition coefficient (Wildman–Crippen LogP) is 2.88. The van der Waals surface area contributed by atoms with E-state index in [0.717, 1.165) is 54.8 Å². The first-order valence-electron chi connectivity index (χ1n) is 10.2. The molecule has 0 saturated carbocycles. The van der Waals surface area contributed by atoms with Crippen molar-refractivity contribution < 1.29 is 5.11 Å². The summed E-state index contributed by atoms with van der Waals surface area (Å²) in [6.45, 7) is 8.54. The van der Waals surface area contributed by atoms with Gasteiger partial charge in [-0.3, -0.25) is 14.3 Å². The van der Waals surface area contributed by atoms with Gasteiger partial charge in [-0.05, 0) is 38.6 Å². The molecule has 1 aromatic carbocycles. The molecule has 1 unspecified atom stereocenters. The number of nitrogens with zero attached hydrogens (tertiary/aromatic N) is 4. The van der Waals surface area contributed by atoms with Crippen molar-refractivity contribution in [2.45, 2.75) is 39.3 Å². The number of benzene rings is 1. The number of hydrogen-bond acceptors (Lipinski definition) is 5. The zero-order valence-corrected chi connectivity index (χ0v) is 18.7. The molecular weight excluding hydrogens is 420 g/mol. The van der Waals surface area contributed by atoms with Crippen molar-refractivity contribution in [3.8, 4) is 0 Å². The molecule has 2 atom stereocenters. The monoisotopic (exact) mass is 450 g/mol. The number of likely N-dealkylation sites (N-methyl/N-ethyl adjacent to an activating group) is 1. The molecular formula is C21H31BrN4O2. The van der Waals surface area contributed by atoms with E-state index in [0.29, 0.717) is 11.9 Å². The molecule has 1 aliphatic heterocycles. The van der Waals surface area contributed by atoms with Crippen LogP contribution in [0.2, 0.25) is 0 Å². The van der Waals surface area contributed by atoms with Crippen molar-refractivity contribution in [3.05, 3.63) is 38.9 Å². The van der Waals surface area contributed by atoms with Gasteiger partial charge < -0.3 is 10.0 Å². The van der Waals surface area contributed by atoms with Crippen LogP contribution in [-0.4, -0.2) is 64.3 Å². The number of halogens is 1. The van der Waals surface area contributed by atoms with Gasteiger partial charge in [-0.1, -0.05) is 29.3 Å². The maximum absolute atomic E-state index is 13.2. The summed E-state index contributed by atoms with van der Waals surface area (Å²) >= 11 is 3.46. The zero-order chi connectivity index (χ0) is 20.3. The van der Waals surface area contributed by atoms with Crippen molar-refractivity contribution in [2.75, 3.05) is 39.8 Å². The Kier molecular flexibility index (Phi) is 7.25. The van der Waals surface area contributed by atoms with Gasteiger partial charge in [-0.15, -0.1) is 0 Å². The van der Waals surface area contributed by atoms with Crippen LogP contribution in [0, 0.1) is 5.92 Å². The van der Waals surface area contributed by atoms with Crippen molar-refractivity contribution in [2.24, 2.45) is 5.92 Å².